The van der Waals surface area contributed by atoms with E-state index in [1.165, 1.54) is 19.2 Å². The summed E-state index contributed by atoms with van der Waals surface area (Å²) in [4.78, 5) is 25.2. The fourth-order valence-electron chi connectivity index (χ4n) is 3.25. The van der Waals surface area contributed by atoms with Crippen molar-refractivity contribution in [2.75, 3.05) is 26.7 Å². The average Bonchev–Trinajstić information content (AvgIpc) is 2.75. The highest BCUT2D eigenvalue weighted by atomic mass is 19.1. The molecule has 2 aromatic carbocycles. The molecule has 0 aliphatic carbocycles. The van der Waals surface area contributed by atoms with Crippen molar-refractivity contribution < 1.29 is 23.5 Å². The highest BCUT2D eigenvalue weighted by Gasteiger charge is 2.21. The van der Waals surface area contributed by atoms with Gasteiger partial charge in [0.15, 0.2) is 6.61 Å². The van der Waals surface area contributed by atoms with Crippen molar-refractivity contribution in [3.05, 3.63) is 59.9 Å². The van der Waals surface area contributed by atoms with E-state index in [1.807, 2.05) is 24.3 Å². The van der Waals surface area contributed by atoms with Gasteiger partial charge in [-0.1, -0.05) is 12.1 Å². The highest BCUT2D eigenvalue weighted by Crippen LogP contribution is 2.23. The molecule has 7 nitrogen and oxygen atoms in total. The molecule has 1 aliphatic heterocycles. The maximum Gasteiger partial charge on any atom is 0.407 e. The first kappa shape index (κ1) is 21.6. The van der Waals surface area contributed by atoms with Crippen molar-refractivity contribution in [2.45, 2.75) is 25.4 Å². The molecule has 0 unspecified atom stereocenters. The lowest BCUT2D eigenvalue weighted by molar-refractivity contribution is -0.123. The zero-order valence-electron chi connectivity index (χ0n) is 16.9. The van der Waals surface area contributed by atoms with Gasteiger partial charge in [0, 0.05) is 32.7 Å². The summed E-state index contributed by atoms with van der Waals surface area (Å²) in [6, 6.07) is 13.8. The van der Waals surface area contributed by atoms with Crippen LogP contribution in [0.2, 0.25) is 0 Å². The van der Waals surface area contributed by atoms with Crippen molar-refractivity contribution in [2.24, 2.45) is 0 Å². The lowest BCUT2D eigenvalue weighted by atomic mass is 10.0. The summed E-state index contributed by atoms with van der Waals surface area (Å²) in [7, 11) is 1.49. The Morgan fingerprint density at radius 3 is 2.53 bits per heavy atom. The van der Waals surface area contributed by atoms with Crippen molar-refractivity contribution >= 4 is 12.0 Å². The second-order valence-electron chi connectivity index (χ2n) is 7.15. The number of nitrogens with zero attached hydrogens (tertiary/aromatic N) is 1. The smallest absolute Gasteiger partial charge is 0.407 e. The summed E-state index contributed by atoms with van der Waals surface area (Å²) in [6.45, 7) is 2.17. The minimum Gasteiger partial charge on any atom is -0.457 e. The first-order chi connectivity index (χ1) is 14.5. The number of ether oxygens (including phenoxy) is 2. The number of benzene rings is 2. The topological polar surface area (TPSA) is 79.9 Å². The number of hydrogen-bond acceptors (Lipinski definition) is 5. The third-order valence-corrected chi connectivity index (χ3v) is 4.88. The van der Waals surface area contributed by atoms with Gasteiger partial charge >= 0.3 is 6.09 Å². The van der Waals surface area contributed by atoms with Crippen LogP contribution in [0, 0.1) is 5.82 Å². The molecule has 2 N–H and O–H groups in total. The number of piperidine rings is 1. The molecule has 30 heavy (non-hydrogen) atoms. The molecule has 0 radical (unpaired) electrons. The van der Waals surface area contributed by atoms with Gasteiger partial charge in [-0.2, -0.15) is 0 Å². The molecular weight excluding hydrogens is 389 g/mol. The number of amides is 2. The molecule has 2 amide bonds. The molecule has 3 rings (SSSR count). The van der Waals surface area contributed by atoms with Crippen LogP contribution in [0.1, 0.15) is 18.4 Å². The lowest BCUT2D eigenvalue weighted by Gasteiger charge is -2.32. The first-order valence-corrected chi connectivity index (χ1v) is 9.90. The van der Waals surface area contributed by atoms with E-state index >= 15 is 0 Å². The number of likely N-dealkylation sites (N-methyl/N-ethyl adjacent to an activating group) is 1. The number of hydrogen-bond donors (Lipinski definition) is 2. The van der Waals surface area contributed by atoms with Crippen molar-refractivity contribution in [3.8, 4) is 11.5 Å². The summed E-state index contributed by atoms with van der Waals surface area (Å²) < 4.78 is 23.7. The van der Waals surface area contributed by atoms with Crippen LogP contribution in [0.5, 0.6) is 11.5 Å². The normalized spacial score (nSPS) is 14.7. The van der Waals surface area contributed by atoms with E-state index in [0.717, 1.165) is 38.0 Å². The van der Waals surface area contributed by atoms with Gasteiger partial charge in [-0.15, -0.1) is 0 Å². The number of rotatable bonds is 7. The minimum absolute atomic E-state index is 0.0339. The Kier molecular flexibility index (Phi) is 7.62. The molecule has 0 saturated carbocycles. The summed E-state index contributed by atoms with van der Waals surface area (Å²) in [5, 5.41) is 5.21. The average molecular weight is 415 g/mol. The van der Waals surface area contributed by atoms with Crippen LogP contribution in [0.3, 0.4) is 0 Å². The van der Waals surface area contributed by atoms with Crippen LogP contribution < -0.4 is 15.4 Å². The third kappa shape index (κ3) is 6.73. The molecule has 0 aromatic heterocycles. The van der Waals surface area contributed by atoms with E-state index < -0.39 is 6.09 Å². The second kappa shape index (κ2) is 10.6. The Hall–Kier alpha value is -3.13. The van der Waals surface area contributed by atoms with Gasteiger partial charge in [-0.3, -0.25) is 9.69 Å². The Labute approximate surface area is 175 Å². The van der Waals surface area contributed by atoms with Crippen LogP contribution in [-0.2, 0) is 16.1 Å². The molecule has 0 atom stereocenters. The summed E-state index contributed by atoms with van der Waals surface area (Å²) in [5.41, 5.74) is 1.12. The molecule has 0 bridgehead atoms. The van der Waals surface area contributed by atoms with Gasteiger partial charge in [0.1, 0.15) is 17.3 Å². The van der Waals surface area contributed by atoms with Gasteiger partial charge in [0.05, 0.1) is 0 Å². The van der Waals surface area contributed by atoms with Crippen molar-refractivity contribution in [1.82, 2.24) is 15.5 Å². The largest absolute Gasteiger partial charge is 0.457 e. The van der Waals surface area contributed by atoms with Crippen LogP contribution in [-0.4, -0.2) is 49.7 Å². The minimum atomic E-state index is -0.567. The summed E-state index contributed by atoms with van der Waals surface area (Å²) in [5.74, 6) is 0.651. The molecule has 8 heteroatoms. The molecule has 1 fully saturated rings. The van der Waals surface area contributed by atoms with Gasteiger partial charge < -0.3 is 20.1 Å². The second-order valence-corrected chi connectivity index (χ2v) is 7.15. The maximum absolute atomic E-state index is 13.0. The number of halogens is 1. The van der Waals surface area contributed by atoms with E-state index in [1.54, 1.807) is 12.1 Å². The number of alkyl carbamates (subject to hydrolysis) is 1. The maximum atomic E-state index is 13.0. The molecule has 2 aromatic rings. The van der Waals surface area contributed by atoms with E-state index in [0.29, 0.717) is 11.5 Å². The number of carbonyl (C=O) groups excluding carboxylic acids is 2. The summed E-state index contributed by atoms with van der Waals surface area (Å²) >= 11 is 0. The fourth-order valence-corrected chi connectivity index (χ4v) is 3.25. The van der Waals surface area contributed by atoms with E-state index in [4.69, 9.17) is 9.47 Å². The Bertz CT molecular complexity index is 852. The molecule has 0 spiro atoms. The molecule has 1 aliphatic rings. The Morgan fingerprint density at radius 1 is 1.10 bits per heavy atom. The Balaban J connectivity index is 1.44. The molecule has 1 saturated heterocycles. The number of nitrogens with one attached hydrogen (secondary N) is 2. The fraction of sp³-hybridized carbons (Fsp3) is 0.364. The molecule has 1 heterocycles. The lowest BCUT2D eigenvalue weighted by Crippen LogP contribution is -2.45. The van der Waals surface area contributed by atoms with E-state index in [2.05, 4.69) is 15.5 Å². The van der Waals surface area contributed by atoms with E-state index in [9.17, 15) is 14.0 Å². The SMILES string of the molecule is CNC(=O)COC(=O)NC1CCN(Cc2cccc(Oc3ccc(F)cc3)c2)CC1. The first-order valence-electron chi connectivity index (χ1n) is 9.90. The van der Waals surface area contributed by atoms with Gasteiger partial charge in [-0.05, 0) is 54.8 Å². The van der Waals surface area contributed by atoms with E-state index in [-0.39, 0.29) is 24.4 Å². The van der Waals surface area contributed by atoms with Gasteiger partial charge in [0.25, 0.3) is 5.91 Å². The van der Waals surface area contributed by atoms with Crippen LogP contribution in [0.4, 0.5) is 9.18 Å². The zero-order valence-corrected chi connectivity index (χ0v) is 16.9. The standard InChI is InChI=1S/C22H26FN3O4/c1-24-21(27)15-29-22(28)25-18-9-11-26(12-10-18)14-16-3-2-4-20(13-16)30-19-7-5-17(23)6-8-19/h2-8,13,18H,9-12,14-15H2,1H3,(H,24,27)(H,25,28). The third-order valence-electron chi connectivity index (χ3n) is 4.88. The highest BCUT2D eigenvalue weighted by molar-refractivity contribution is 5.79. The van der Waals surface area contributed by atoms with Crippen molar-refractivity contribution in [1.29, 1.82) is 0 Å². The van der Waals surface area contributed by atoms with Gasteiger partial charge in [0.2, 0.25) is 0 Å². The monoisotopic (exact) mass is 415 g/mol. The van der Waals surface area contributed by atoms with Crippen molar-refractivity contribution in [3.63, 3.8) is 0 Å². The summed E-state index contributed by atoms with van der Waals surface area (Å²) in [6.07, 6.45) is 1.05. The molecular formula is C22H26FN3O4. The predicted molar refractivity (Wildman–Crippen MR) is 110 cm³/mol. The van der Waals surface area contributed by atoms with Gasteiger partial charge in [-0.25, -0.2) is 9.18 Å². The quantitative estimate of drug-likeness (QED) is 0.727. The zero-order chi connectivity index (χ0) is 21.3. The van der Waals surface area contributed by atoms with Crippen LogP contribution >= 0.6 is 0 Å². The number of carbonyl (C=O) groups is 2. The number of likely N-dealkylation sites (tertiary alicyclic amines) is 1. The Morgan fingerprint density at radius 2 is 1.83 bits per heavy atom. The predicted octanol–water partition coefficient (Wildman–Crippen LogP) is 3.05. The molecule has 160 valence electrons. The van der Waals surface area contributed by atoms with Crippen LogP contribution in [0.25, 0.3) is 0 Å². The van der Waals surface area contributed by atoms with Crippen LogP contribution in [0.15, 0.2) is 48.5 Å².